The van der Waals surface area contributed by atoms with E-state index in [0.717, 1.165) is 5.56 Å². The summed E-state index contributed by atoms with van der Waals surface area (Å²) in [6, 6.07) is 10.5. The molecule has 25 heavy (non-hydrogen) atoms. The van der Waals surface area contributed by atoms with E-state index in [1.807, 2.05) is 0 Å². The zero-order valence-corrected chi connectivity index (χ0v) is 14.0. The van der Waals surface area contributed by atoms with Crippen LogP contribution in [0.15, 0.2) is 47.6 Å². The van der Waals surface area contributed by atoms with Crippen LogP contribution in [0.1, 0.15) is 22.8 Å². The monoisotopic (exact) mass is 343 g/mol. The quantitative estimate of drug-likeness (QED) is 0.493. The molecule has 8 heteroatoms. The van der Waals surface area contributed by atoms with Gasteiger partial charge in [-0.2, -0.15) is 5.10 Å². The van der Waals surface area contributed by atoms with E-state index in [-0.39, 0.29) is 11.3 Å². The lowest BCUT2D eigenvalue weighted by molar-refractivity contribution is -0.384. The number of nitrogens with zero attached hydrogens (tertiary/aromatic N) is 2. The average Bonchev–Trinajstić information content (AvgIpc) is 2.65. The van der Waals surface area contributed by atoms with Crippen molar-refractivity contribution in [3.05, 3.63) is 63.7 Å². The lowest BCUT2D eigenvalue weighted by Gasteiger charge is -2.09. The van der Waals surface area contributed by atoms with Gasteiger partial charge in [0.1, 0.15) is 0 Å². The molecule has 0 unspecified atom stereocenters. The van der Waals surface area contributed by atoms with Crippen molar-refractivity contribution in [2.45, 2.75) is 6.92 Å². The molecule has 0 heterocycles. The maximum atomic E-state index is 12.1. The SMILES string of the molecule is COc1ccc(/C(C)=N\NC(=O)c2ccc([N+](=O)[O-])cc2)cc1OC. The van der Waals surface area contributed by atoms with E-state index in [1.165, 1.54) is 31.4 Å². The summed E-state index contributed by atoms with van der Waals surface area (Å²) in [5, 5.41) is 14.7. The van der Waals surface area contributed by atoms with Gasteiger partial charge in [0.2, 0.25) is 0 Å². The average molecular weight is 343 g/mol. The molecule has 0 spiro atoms. The van der Waals surface area contributed by atoms with E-state index in [0.29, 0.717) is 17.2 Å². The molecule has 130 valence electrons. The van der Waals surface area contributed by atoms with Gasteiger partial charge in [-0.3, -0.25) is 14.9 Å². The number of rotatable bonds is 6. The molecule has 8 nitrogen and oxygen atoms in total. The third-order valence-corrected chi connectivity index (χ3v) is 3.47. The molecule has 2 aromatic rings. The molecule has 0 aliphatic carbocycles. The van der Waals surface area contributed by atoms with Crippen LogP contribution in [0.25, 0.3) is 0 Å². The van der Waals surface area contributed by atoms with Gasteiger partial charge in [-0.25, -0.2) is 5.43 Å². The predicted octanol–water partition coefficient (Wildman–Crippen LogP) is 2.77. The number of hydrogen-bond donors (Lipinski definition) is 1. The second kappa shape index (κ2) is 7.91. The number of ether oxygens (including phenoxy) is 2. The molecule has 2 aromatic carbocycles. The van der Waals surface area contributed by atoms with Crippen molar-refractivity contribution in [2.24, 2.45) is 5.10 Å². The van der Waals surface area contributed by atoms with Crippen molar-refractivity contribution in [3.8, 4) is 11.5 Å². The fourth-order valence-electron chi connectivity index (χ4n) is 2.06. The number of methoxy groups -OCH3 is 2. The van der Waals surface area contributed by atoms with Crippen LogP contribution in [0.4, 0.5) is 5.69 Å². The Morgan fingerprint density at radius 1 is 1.04 bits per heavy atom. The molecular formula is C17H17N3O5. The number of nitro groups is 1. The molecular weight excluding hydrogens is 326 g/mol. The molecule has 0 bridgehead atoms. The summed E-state index contributed by atoms with van der Waals surface area (Å²) in [7, 11) is 3.08. The second-order valence-electron chi connectivity index (χ2n) is 5.01. The number of nitrogens with one attached hydrogen (secondary N) is 1. The molecule has 0 aliphatic rings. The van der Waals surface area contributed by atoms with Gasteiger partial charge in [-0.1, -0.05) is 0 Å². The lowest BCUT2D eigenvalue weighted by Crippen LogP contribution is -2.19. The minimum atomic E-state index is -0.527. The number of nitro benzene ring substituents is 1. The number of non-ortho nitro benzene ring substituents is 1. The lowest BCUT2D eigenvalue weighted by atomic mass is 10.1. The summed E-state index contributed by atoms with van der Waals surface area (Å²) in [6.45, 7) is 1.73. The molecule has 0 aliphatic heterocycles. The summed E-state index contributed by atoms with van der Waals surface area (Å²) in [4.78, 5) is 22.1. The third-order valence-electron chi connectivity index (χ3n) is 3.47. The maximum absolute atomic E-state index is 12.1. The van der Waals surface area contributed by atoms with Gasteiger partial charge >= 0.3 is 0 Å². The van der Waals surface area contributed by atoms with Gasteiger partial charge in [0.25, 0.3) is 11.6 Å². The number of carbonyl (C=O) groups excluding carboxylic acids is 1. The third kappa shape index (κ3) is 4.31. The summed E-state index contributed by atoms with van der Waals surface area (Å²) >= 11 is 0. The topological polar surface area (TPSA) is 103 Å². The highest BCUT2D eigenvalue weighted by atomic mass is 16.6. The standard InChI is InChI=1S/C17H17N3O5/c1-11(13-6-9-15(24-2)16(10-13)25-3)18-19-17(21)12-4-7-14(8-5-12)20(22)23/h4-10H,1-3H3,(H,19,21)/b18-11-. The van der Waals surface area contributed by atoms with E-state index >= 15 is 0 Å². The second-order valence-corrected chi connectivity index (χ2v) is 5.01. The highest BCUT2D eigenvalue weighted by molar-refractivity contribution is 6.01. The van der Waals surface area contributed by atoms with Crippen molar-refractivity contribution >= 4 is 17.3 Å². The Morgan fingerprint density at radius 2 is 1.64 bits per heavy atom. The van der Waals surface area contributed by atoms with Gasteiger partial charge in [-0.15, -0.1) is 0 Å². The van der Waals surface area contributed by atoms with E-state index < -0.39 is 10.8 Å². The molecule has 0 fully saturated rings. The fourth-order valence-corrected chi connectivity index (χ4v) is 2.06. The van der Waals surface area contributed by atoms with Crippen LogP contribution in [-0.2, 0) is 0 Å². The summed E-state index contributed by atoms with van der Waals surface area (Å²) in [6.07, 6.45) is 0. The molecule has 2 rings (SSSR count). The Hall–Kier alpha value is -3.42. The zero-order chi connectivity index (χ0) is 18.4. The van der Waals surface area contributed by atoms with E-state index in [9.17, 15) is 14.9 Å². The first kappa shape index (κ1) is 17.9. The van der Waals surface area contributed by atoms with Gasteiger partial charge in [0.15, 0.2) is 11.5 Å². The van der Waals surface area contributed by atoms with E-state index in [1.54, 1.807) is 32.2 Å². The number of hydrogen-bond acceptors (Lipinski definition) is 6. The first-order valence-corrected chi connectivity index (χ1v) is 7.27. The summed E-state index contributed by atoms with van der Waals surface area (Å²) in [5.41, 5.74) is 3.93. The van der Waals surface area contributed by atoms with Crippen LogP contribution >= 0.6 is 0 Å². The molecule has 0 atom stereocenters. The molecule has 0 saturated heterocycles. The number of carbonyl (C=O) groups is 1. The molecule has 0 aromatic heterocycles. The molecule has 0 saturated carbocycles. The van der Waals surface area contributed by atoms with E-state index in [4.69, 9.17) is 9.47 Å². The Labute approximate surface area is 144 Å². The van der Waals surface area contributed by atoms with Crippen LogP contribution < -0.4 is 14.9 Å². The maximum Gasteiger partial charge on any atom is 0.271 e. The highest BCUT2D eigenvalue weighted by Gasteiger charge is 2.10. The fraction of sp³-hybridized carbons (Fsp3) is 0.176. The van der Waals surface area contributed by atoms with Gasteiger partial charge in [0.05, 0.1) is 24.9 Å². The Kier molecular flexibility index (Phi) is 5.67. The van der Waals surface area contributed by atoms with Gasteiger partial charge in [0, 0.05) is 23.3 Å². The smallest absolute Gasteiger partial charge is 0.271 e. The summed E-state index contributed by atoms with van der Waals surface area (Å²) in [5.74, 6) is 0.680. The van der Waals surface area contributed by atoms with Crippen LogP contribution in [0.3, 0.4) is 0 Å². The largest absolute Gasteiger partial charge is 0.493 e. The minimum Gasteiger partial charge on any atom is -0.493 e. The highest BCUT2D eigenvalue weighted by Crippen LogP contribution is 2.27. The minimum absolute atomic E-state index is 0.0819. The molecule has 0 radical (unpaired) electrons. The first-order chi connectivity index (χ1) is 12.0. The van der Waals surface area contributed by atoms with Crippen LogP contribution in [0.5, 0.6) is 11.5 Å². The molecule has 1 amide bonds. The van der Waals surface area contributed by atoms with Crippen LogP contribution in [0, 0.1) is 10.1 Å². The first-order valence-electron chi connectivity index (χ1n) is 7.27. The van der Waals surface area contributed by atoms with Crippen molar-refractivity contribution in [1.29, 1.82) is 0 Å². The molecule has 1 N–H and O–H groups in total. The van der Waals surface area contributed by atoms with Crippen molar-refractivity contribution in [2.75, 3.05) is 14.2 Å². The van der Waals surface area contributed by atoms with Crippen molar-refractivity contribution < 1.29 is 19.2 Å². The Morgan fingerprint density at radius 3 is 2.20 bits per heavy atom. The number of hydrazone groups is 1. The Balaban J connectivity index is 2.12. The van der Waals surface area contributed by atoms with Crippen molar-refractivity contribution in [3.63, 3.8) is 0 Å². The Bertz CT molecular complexity index is 816. The van der Waals surface area contributed by atoms with Gasteiger partial charge < -0.3 is 9.47 Å². The van der Waals surface area contributed by atoms with Crippen LogP contribution in [-0.4, -0.2) is 30.8 Å². The normalized spacial score (nSPS) is 10.9. The van der Waals surface area contributed by atoms with Crippen LogP contribution in [0.2, 0.25) is 0 Å². The number of amides is 1. The zero-order valence-electron chi connectivity index (χ0n) is 14.0. The predicted molar refractivity (Wildman–Crippen MR) is 92.3 cm³/mol. The van der Waals surface area contributed by atoms with Crippen molar-refractivity contribution in [1.82, 2.24) is 5.43 Å². The summed E-state index contributed by atoms with van der Waals surface area (Å²) < 4.78 is 10.4. The van der Waals surface area contributed by atoms with E-state index in [2.05, 4.69) is 10.5 Å². The van der Waals surface area contributed by atoms with Gasteiger partial charge in [-0.05, 0) is 37.3 Å². The number of benzene rings is 2.